The smallest absolute Gasteiger partial charge is 0.240 e. The monoisotopic (exact) mass is 427 g/mol. The summed E-state index contributed by atoms with van der Waals surface area (Å²) in [5.74, 6) is 0.182. The molecule has 2 heterocycles. The summed E-state index contributed by atoms with van der Waals surface area (Å²) in [5.41, 5.74) is 5.68. The summed E-state index contributed by atoms with van der Waals surface area (Å²) >= 11 is 0. The van der Waals surface area contributed by atoms with Gasteiger partial charge in [0.15, 0.2) is 0 Å². The molecule has 0 aromatic heterocycles. The number of carbonyl (C=O) groups excluding carboxylic acids is 2. The minimum Gasteiger partial charge on any atom is -0.341 e. The fourth-order valence-corrected chi connectivity index (χ4v) is 4.40. The van der Waals surface area contributed by atoms with Crippen molar-refractivity contribution < 1.29 is 9.59 Å². The first-order valence-corrected chi connectivity index (χ1v) is 10.5. The number of hydrogen-bond donors (Lipinski definition) is 2. The van der Waals surface area contributed by atoms with Crippen molar-refractivity contribution in [2.45, 2.75) is 45.7 Å². The summed E-state index contributed by atoms with van der Waals surface area (Å²) < 4.78 is 0. The van der Waals surface area contributed by atoms with Crippen LogP contribution >= 0.6 is 12.4 Å². The fraction of sp³-hybridized carbons (Fsp3) is 0.417. The van der Waals surface area contributed by atoms with E-state index in [0.29, 0.717) is 25.9 Å². The molecule has 0 aliphatic carbocycles. The number of likely N-dealkylation sites (tertiary alicyclic amines) is 1. The molecule has 2 aromatic rings. The number of amides is 2. The molecule has 2 amide bonds. The number of benzene rings is 2. The van der Waals surface area contributed by atoms with Crippen LogP contribution in [0.4, 0.5) is 5.69 Å². The number of nitrogens with zero attached hydrogens (tertiary/aromatic N) is 1. The molecule has 1 atom stereocenters. The number of rotatable bonds is 3. The molecule has 2 N–H and O–H groups in total. The first kappa shape index (κ1) is 22.3. The summed E-state index contributed by atoms with van der Waals surface area (Å²) in [6, 6.07) is 14.2. The van der Waals surface area contributed by atoms with Gasteiger partial charge in [-0.25, -0.2) is 0 Å². The van der Waals surface area contributed by atoms with E-state index < -0.39 is 0 Å². The van der Waals surface area contributed by atoms with Gasteiger partial charge in [0, 0.05) is 31.2 Å². The van der Waals surface area contributed by atoms with E-state index in [1.54, 1.807) is 0 Å². The highest BCUT2D eigenvalue weighted by atomic mass is 35.5. The fourth-order valence-electron chi connectivity index (χ4n) is 4.40. The molecule has 0 radical (unpaired) electrons. The Labute approximate surface area is 184 Å². The Morgan fingerprint density at radius 2 is 1.73 bits per heavy atom. The van der Waals surface area contributed by atoms with Gasteiger partial charge >= 0.3 is 0 Å². The number of halogens is 1. The highest BCUT2D eigenvalue weighted by molar-refractivity contribution is 5.93. The second kappa shape index (κ2) is 9.63. The molecule has 0 spiro atoms. The minimum absolute atomic E-state index is 0. The van der Waals surface area contributed by atoms with E-state index in [-0.39, 0.29) is 36.2 Å². The van der Waals surface area contributed by atoms with E-state index >= 15 is 0 Å². The Hall–Kier alpha value is -2.37. The van der Waals surface area contributed by atoms with Gasteiger partial charge in [0.25, 0.3) is 0 Å². The van der Waals surface area contributed by atoms with E-state index in [1.165, 1.54) is 16.7 Å². The number of aryl methyl sites for hydroxylation is 2. The van der Waals surface area contributed by atoms with E-state index in [4.69, 9.17) is 0 Å². The van der Waals surface area contributed by atoms with Gasteiger partial charge in [-0.2, -0.15) is 0 Å². The zero-order chi connectivity index (χ0) is 20.4. The number of hydrogen-bond acceptors (Lipinski definition) is 3. The average Bonchev–Trinajstić information content (AvgIpc) is 2.75. The number of anilines is 1. The van der Waals surface area contributed by atoms with Crippen LogP contribution in [0.3, 0.4) is 0 Å². The maximum absolute atomic E-state index is 13.0. The lowest BCUT2D eigenvalue weighted by atomic mass is 9.92. The lowest BCUT2D eigenvalue weighted by Gasteiger charge is -2.35. The van der Waals surface area contributed by atoms with E-state index in [1.807, 2.05) is 43.0 Å². The molecule has 2 aliphatic rings. The van der Waals surface area contributed by atoms with Crippen molar-refractivity contribution in [2.75, 3.05) is 18.4 Å². The molecule has 0 unspecified atom stereocenters. The highest BCUT2D eigenvalue weighted by Gasteiger charge is 2.32. The maximum atomic E-state index is 13.0. The van der Waals surface area contributed by atoms with Crippen LogP contribution in [0.2, 0.25) is 0 Å². The van der Waals surface area contributed by atoms with Crippen LogP contribution in [0.1, 0.15) is 35.1 Å². The molecular weight excluding hydrogens is 398 g/mol. The molecule has 6 heteroatoms. The van der Waals surface area contributed by atoms with Crippen LogP contribution in [0, 0.1) is 19.8 Å². The summed E-state index contributed by atoms with van der Waals surface area (Å²) in [6.45, 7) is 6.08. The lowest BCUT2D eigenvalue weighted by Crippen LogP contribution is -2.52. The zero-order valence-electron chi connectivity index (χ0n) is 17.6. The van der Waals surface area contributed by atoms with Crippen LogP contribution in [-0.4, -0.2) is 35.8 Å². The van der Waals surface area contributed by atoms with Gasteiger partial charge in [-0.3, -0.25) is 9.59 Å². The van der Waals surface area contributed by atoms with Crippen LogP contribution in [0.15, 0.2) is 42.5 Å². The molecular formula is C24H30ClN3O2. The van der Waals surface area contributed by atoms with Crippen LogP contribution in [-0.2, 0) is 22.6 Å². The third-order valence-corrected chi connectivity index (χ3v) is 6.20. The first-order valence-electron chi connectivity index (χ1n) is 10.5. The summed E-state index contributed by atoms with van der Waals surface area (Å²) in [6.07, 6.45) is 2.17. The van der Waals surface area contributed by atoms with E-state index in [0.717, 1.165) is 24.2 Å². The second-order valence-electron chi connectivity index (χ2n) is 8.31. The number of piperidine rings is 1. The van der Waals surface area contributed by atoms with Crippen molar-refractivity contribution in [3.05, 3.63) is 64.7 Å². The standard InChI is InChI=1S/C24H29N3O2.ClH/c1-16-7-8-21(17(2)13-16)26-23(28)18-9-11-27(12-10-18)24(29)22-14-19-5-3-4-6-20(19)15-25-22;/h3-8,13,18,22,25H,9-12,14-15H2,1-2H3,(H,26,28);1H/t22-;/m0./s1. The van der Waals surface area contributed by atoms with Gasteiger partial charge in [-0.1, -0.05) is 42.0 Å². The predicted molar refractivity (Wildman–Crippen MR) is 122 cm³/mol. The SMILES string of the molecule is Cc1ccc(NC(=O)C2CCN(C(=O)[C@@H]3Cc4ccccc4CN3)CC2)c(C)c1.Cl. The van der Waals surface area contributed by atoms with E-state index in [9.17, 15) is 9.59 Å². The van der Waals surface area contributed by atoms with Gasteiger partial charge in [0.1, 0.15) is 0 Å². The Morgan fingerprint density at radius 1 is 1.03 bits per heavy atom. The summed E-state index contributed by atoms with van der Waals surface area (Å²) in [7, 11) is 0. The Bertz CT molecular complexity index is 922. The number of fused-ring (bicyclic) bond motifs is 1. The number of nitrogens with one attached hydrogen (secondary N) is 2. The summed E-state index contributed by atoms with van der Waals surface area (Å²) in [5, 5.41) is 6.45. The van der Waals surface area contributed by atoms with Crippen molar-refractivity contribution in [3.63, 3.8) is 0 Å². The largest absolute Gasteiger partial charge is 0.341 e. The topological polar surface area (TPSA) is 61.4 Å². The second-order valence-corrected chi connectivity index (χ2v) is 8.31. The normalized spacial score (nSPS) is 18.9. The quantitative estimate of drug-likeness (QED) is 0.786. The molecule has 0 bridgehead atoms. The molecule has 1 saturated heterocycles. The maximum Gasteiger partial charge on any atom is 0.240 e. The molecule has 5 nitrogen and oxygen atoms in total. The van der Waals surface area contributed by atoms with Crippen molar-refractivity contribution in [1.29, 1.82) is 0 Å². The lowest BCUT2D eigenvalue weighted by molar-refractivity contribution is -0.136. The minimum atomic E-state index is -0.162. The number of carbonyl (C=O) groups is 2. The molecule has 1 fully saturated rings. The third kappa shape index (κ3) is 4.85. The van der Waals surface area contributed by atoms with E-state index in [2.05, 4.69) is 28.8 Å². The van der Waals surface area contributed by atoms with Crippen LogP contribution in [0.25, 0.3) is 0 Å². The van der Waals surface area contributed by atoms with Crippen molar-refractivity contribution >= 4 is 29.9 Å². The average molecular weight is 428 g/mol. The Kier molecular flexibility index (Phi) is 7.16. The Morgan fingerprint density at radius 3 is 2.43 bits per heavy atom. The molecule has 4 rings (SSSR count). The van der Waals surface area contributed by atoms with Gasteiger partial charge in [0.05, 0.1) is 6.04 Å². The zero-order valence-corrected chi connectivity index (χ0v) is 18.4. The van der Waals surface area contributed by atoms with Gasteiger partial charge in [-0.15, -0.1) is 12.4 Å². The molecule has 2 aliphatic heterocycles. The third-order valence-electron chi connectivity index (χ3n) is 6.20. The molecule has 160 valence electrons. The van der Waals surface area contributed by atoms with Crippen molar-refractivity contribution in [2.24, 2.45) is 5.92 Å². The Balaban J connectivity index is 0.00000256. The summed E-state index contributed by atoms with van der Waals surface area (Å²) in [4.78, 5) is 27.6. The predicted octanol–water partition coefficient (Wildman–Crippen LogP) is 3.62. The molecule has 0 saturated carbocycles. The van der Waals surface area contributed by atoms with Crippen molar-refractivity contribution in [3.8, 4) is 0 Å². The highest BCUT2D eigenvalue weighted by Crippen LogP contribution is 2.24. The van der Waals surface area contributed by atoms with Gasteiger partial charge < -0.3 is 15.5 Å². The van der Waals surface area contributed by atoms with Crippen molar-refractivity contribution in [1.82, 2.24) is 10.2 Å². The molecule has 2 aromatic carbocycles. The van der Waals surface area contributed by atoms with Gasteiger partial charge in [0.2, 0.25) is 11.8 Å². The van der Waals surface area contributed by atoms with Gasteiger partial charge in [-0.05, 0) is 55.9 Å². The molecule has 30 heavy (non-hydrogen) atoms. The van der Waals surface area contributed by atoms with Crippen LogP contribution in [0.5, 0.6) is 0 Å². The first-order chi connectivity index (χ1) is 14.0. The van der Waals surface area contributed by atoms with Crippen LogP contribution < -0.4 is 10.6 Å².